The van der Waals surface area contributed by atoms with Crippen LogP contribution in [0.5, 0.6) is 5.75 Å². The lowest BCUT2D eigenvalue weighted by Gasteiger charge is -2.37. The molecule has 0 amide bonds. The minimum atomic E-state index is -3.86. The number of nitriles is 1. The number of ether oxygens (including phenoxy) is 1. The van der Waals surface area contributed by atoms with Gasteiger partial charge in [0.1, 0.15) is 22.3 Å². The maximum absolute atomic E-state index is 12.7. The minimum Gasteiger partial charge on any atom is -0.487 e. The molecule has 2 aromatic rings. The molecule has 0 bridgehead atoms. The minimum absolute atomic E-state index is 0. The van der Waals surface area contributed by atoms with Crippen LogP contribution in [0.1, 0.15) is 37.4 Å². The third-order valence-corrected chi connectivity index (χ3v) is 5.38. The summed E-state index contributed by atoms with van der Waals surface area (Å²) in [5.74, 6) is 0.599. The first-order valence-electron chi connectivity index (χ1n) is 7.66. The second kappa shape index (κ2) is 7.11. The monoisotopic (exact) mass is 394 g/mol. The lowest BCUT2D eigenvalue weighted by molar-refractivity contribution is 0.0702. The number of pyridine rings is 1. The summed E-state index contributed by atoms with van der Waals surface area (Å²) in [7, 11) is -3.86. The average Bonchev–Trinajstić information content (AvgIpc) is 2.54. The van der Waals surface area contributed by atoms with Crippen molar-refractivity contribution in [1.82, 2.24) is 9.71 Å². The van der Waals surface area contributed by atoms with Crippen LogP contribution in [0.2, 0.25) is 0 Å². The van der Waals surface area contributed by atoms with Crippen molar-refractivity contribution in [3.8, 4) is 11.8 Å². The molecule has 7 nitrogen and oxygen atoms in total. The van der Waals surface area contributed by atoms with Crippen LogP contribution in [0.25, 0.3) is 0 Å². The van der Waals surface area contributed by atoms with Crippen molar-refractivity contribution < 1.29 is 13.2 Å². The van der Waals surface area contributed by atoms with Crippen LogP contribution in [0.3, 0.4) is 0 Å². The molecule has 0 saturated carbocycles. The summed E-state index contributed by atoms with van der Waals surface area (Å²) in [5.41, 5.74) is 6.70. The molecule has 1 unspecified atom stereocenters. The van der Waals surface area contributed by atoms with Crippen LogP contribution in [0.4, 0.5) is 5.69 Å². The number of sulfonamides is 1. The van der Waals surface area contributed by atoms with Gasteiger partial charge in [-0.25, -0.2) is 13.1 Å². The summed E-state index contributed by atoms with van der Waals surface area (Å²) >= 11 is 0. The topological polar surface area (TPSA) is 118 Å². The van der Waals surface area contributed by atoms with Gasteiger partial charge in [-0.3, -0.25) is 4.98 Å². The lowest BCUT2D eigenvalue weighted by atomic mass is 9.90. The Morgan fingerprint density at radius 1 is 1.35 bits per heavy atom. The molecule has 0 spiro atoms. The molecule has 0 aliphatic carbocycles. The number of nitrogens with zero attached hydrogens (tertiary/aromatic N) is 2. The first kappa shape index (κ1) is 20.0. The van der Waals surface area contributed by atoms with E-state index in [1.165, 1.54) is 18.5 Å². The summed E-state index contributed by atoms with van der Waals surface area (Å²) in [6.45, 7) is 3.79. The number of nitrogens with two attached hydrogens (primary N) is 1. The summed E-state index contributed by atoms with van der Waals surface area (Å²) in [6.07, 6.45) is 2.97. The predicted octanol–water partition coefficient (Wildman–Crippen LogP) is 2.54. The van der Waals surface area contributed by atoms with Gasteiger partial charge < -0.3 is 10.5 Å². The second-order valence-corrected chi connectivity index (χ2v) is 8.27. The van der Waals surface area contributed by atoms with Gasteiger partial charge in [0, 0.05) is 30.1 Å². The molecule has 138 valence electrons. The molecule has 0 radical (unpaired) electrons. The van der Waals surface area contributed by atoms with Crippen LogP contribution in [0, 0.1) is 11.3 Å². The summed E-state index contributed by atoms with van der Waals surface area (Å²) in [4.78, 5) is 3.76. The van der Waals surface area contributed by atoms with E-state index in [4.69, 9.17) is 15.7 Å². The SMILES string of the molecule is CC1(C)CC(NS(=O)(=O)c2cncc(C#N)c2)c2cc(N)ccc2O1.Cl. The Labute approximate surface area is 158 Å². The Hall–Kier alpha value is -2.34. The van der Waals surface area contributed by atoms with Gasteiger partial charge in [0.25, 0.3) is 0 Å². The van der Waals surface area contributed by atoms with Gasteiger partial charge in [-0.05, 0) is 38.1 Å². The normalized spacial score (nSPS) is 18.0. The number of hydrogen-bond donors (Lipinski definition) is 2. The maximum Gasteiger partial charge on any atom is 0.242 e. The summed E-state index contributed by atoms with van der Waals surface area (Å²) in [5, 5.41) is 8.94. The summed E-state index contributed by atoms with van der Waals surface area (Å²) in [6, 6.07) is 7.84. The van der Waals surface area contributed by atoms with Crippen LogP contribution >= 0.6 is 12.4 Å². The van der Waals surface area contributed by atoms with Gasteiger partial charge in [-0.15, -0.1) is 12.4 Å². The van der Waals surface area contributed by atoms with E-state index < -0.39 is 21.7 Å². The Morgan fingerprint density at radius 3 is 2.77 bits per heavy atom. The molecule has 1 aliphatic rings. The molecule has 9 heteroatoms. The van der Waals surface area contributed by atoms with Gasteiger partial charge in [0.15, 0.2) is 0 Å². The number of aromatic nitrogens is 1. The first-order valence-corrected chi connectivity index (χ1v) is 9.14. The molecular formula is C17H19ClN4O3S. The van der Waals surface area contributed by atoms with E-state index in [0.29, 0.717) is 23.4 Å². The van der Waals surface area contributed by atoms with Crippen LogP contribution in [-0.4, -0.2) is 19.0 Å². The lowest BCUT2D eigenvalue weighted by Crippen LogP contribution is -2.41. The number of rotatable bonds is 3. The molecule has 0 saturated heterocycles. The van der Waals surface area contributed by atoms with Gasteiger partial charge in [0.2, 0.25) is 10.0 Å². The third-order valence-electron chi connectivity index (χ3n) is 3.94. The van der Waals surface area contributed by atoms with E-state index in [2.05, 4.69) is 9.71 Å². The zero-order valence-electron chi connectivity index (χ0n) is 14.3. The van der Waals surface area contributed by atoms with Gasteiger partial charge >= 0.3 is 0 Å². The molecule has 1 aliphatic heterocycles. The Morgan fingerprint density at radius 2 is 2.08 bits per heavy atom. The van der Waals surface area contributed by atoms with Crippen LogP contribution in [-0.2, 0) is 10.0 Å². The molecule has 1 aromatic carbocycles. The van der Waals surface area contributed by atoms with E-state index in [0.717, 1.165) is 0 Å². The van der Waals surface area contributed by atoms with Crippen molar-refractivity contribution in [3.05, 3.63) is 47.8 Å². The average molecular weight is 395 g/mol. The van der Waals surface area contributed by atoms with Gasteiger partial charge in [-0.1, -0.05) is 0 Å². The zero-order valence-corrected chi connectivity index (χ0v) is 15.9. The molecule has 1 atom stereocenters. The quantitative estimate of drug-likeness (QED) is 0.772. The maximum atomic E-state index is 12.7. The summed E-state index contributed by atoms with van der Waals surface area (Å²) < 4.78 is 34.1. The van der Waals surface area contributed by atoms with E-state index in [1.54, 1.807) is 18.2 Å². The standard InChI is InChI=1S/C17H18N4O3S.ClH/c1-17(2)7-15(14-6-12(19)3-4-16(14)24-17)21-25(22,23)13-5-11(8-18)9-20-10-13;/h3-6,9-10,15,21H,7,19H2,1-2H3;1H. The van der Waals surface area contributed by atoms with Gasteiger partial charge in [0.05, 0.1) is 11.6 Å². The fraction of sp³-hybridized carbons (Fsp3) is 0.294. The smallest absolute Gasteiger partial charge is 0.242 e. The molecule has 3 rings (SSSR count). The molecule has 26 heavy (non-hydrogen) atoms. The molecule has 1 aromatic heterocycles. The molecule has 2 heterocycles. The van der Waals surface area contributed by atoms with Crippen molar-refractivity contribution in [1.29, 1.82) is 5.26 Å². The van der Waals surface area contributed by atoms with Crippen molar-refractivity contribution in [2.45, 2.75) is 36.8 Å². The fourth-order valence-corrected chi connectivity index (χ4v) is 4.06. The fourth-order valence-electron chi connectivity index (χ4n) is 2.86. The van der Waals surface area contributed by atoms with Crippen LogP contribution in [0.15, 0.2) is 41.6 Å². The number of fused-ring (bicyclic) bond motifs is 1. The second-order valence-electron chi connectivity index (χ2n) is 6.56. The van der Waals surface area contributed by atoms with Crippen molar-refractivity contribution >= 4 is 28.1 Å². The number of anilines is 1. The Bertz CT molecular complexity index is 970. The highest BCUT2D eigenvalue weighted by Crippen LogP contribution is 2.40. The van der Waals surface area contributed by atoms with Crippen molar-refractivity contribution in [2.24, 2.45) is 0 Å². The molecule has 3 N–H and O–H groups in total. The van der Waals surface area contributed by atoms with Crippen LogP contribution < -0.4 is 15.2 Å². The largest absolute Gasteiger partial charge is 0.487 e. The highest BCUT2D eigenvalue weighted by Gasteiger charge is 2.36. The number of nitrogens with one attached hydrogen (secondary N) is 1. The number of halogens is 1. The van der Waals surface area contributed by atoms with E-state index in [9.17, 15) is 8.42 Å². The molecule has 0 fully saturated rings. The van der Waals surface area contributed by atoms with E-state index in [1.807, 2.05) is 19.9 Å². The molecular weight excluding hydrogens is 376 g/mol. The number of benzene rings is 1. The van der Waals surface area contributed by atoms with Crippen molar-refractivity contribution in [3.63, 3.8) is 0 Å². The van der Waals surface area contributed by atoms with E-state index >= 15 is 0 Å². The third kappa shape index (κ3) is 4.07. The highest BCUT2D eigenvalue weighted by molar-refractivity contribution is 7.89. The van der Waals surface area contributed by atoms with E-state index in [-0.39, 0.29) is 22.9 Å². The van der Waals surface area contributed by atoms with Crippen molar-refractivity contribution in [2.75, 3.05) is 5.73 Å². The predicted molar refractivity (Wildman–Crippen MR) is 99.4 cm³/mol. The Balaban J connectivity index is 0.00000243. The van der Waals surface area contributed by atoms with Gasteiger partial charge in [-0.2, -0.15) is 5.26 Å². The number of nitrogen functional groups attached to an aromatic ring is 1. The highest BCUT2D eigenvalue weighted by atomic mass is 35.5. The first-order chi connectivity index (χ1) is 11.7. The Kier molecular flexibility index (Phi) is 5.47. The number of hydrogen-bond acceptors (Lipinski definition) is 6. The zero-order chi connectivity index (χ0) is 18.2.